The van der Waals surface area contributed by atoms with Crippen LogP contribution < -0.4 is 10.2 Å². The van der Waals surface area contributed by atoms with Gasteiger partial charge in [0.15, 0.2) is 5.11 Å². The van der Waals surface area contributed by atoms with Crippen molar-refractivity contribution in [1.29, 1.82) is 0 Å². The number of benzene rings is 2. The lowest BCUT2D eigenvalue weighted by Crippen LogP contribution is -2.54. The van der Waals surface area contributed by atoms with Crippen molar-refractivity contribution in [3.05, 3.63) is 64.4 Å². The fourth-order valence-corrected chi connectivity index (χ4v) is 2.76. The van der Waals surface area contributed by atoms with Crippen LogP contribution in [0.15, 0.2) is 48.0 Å². The number of nitrogens with zero attached hydrogens (tertiary/aromatic N) is 1. The standard InChI is InChI=1S/C17H10ClFN2O3S/c18-10-5-6-14(22)9(7-10)8-11-15(23)20-17(25)21(16(11)24)13-4-2-1-3-12(13)19/h1-8,22H,(H,20,23,25)/b11-8+. The van der Waals surface area contributed by atoms with Crippen molar-refractivity contribution < 1.29 is 19.1 Å². The smallest absolute Gasteiger partial charge is 0.270 e. The van der Waals surface area contributed by atoms with Gasteiger partial charge in [-0.25, -0.2) is 9.29 Å². The third-order valence-electron chi connectivity index (χ3n) is 3.48. The minimum Gasteiger partial charge on any atom is -0.507 e. The molecule has 5 nitrogen and oxygen atoms in total. The minimum atomic E-state index is -0.807. The number of phenols is 1. The third-order valence-corrected chi connectivity index (χ3v) is 4.00. The van der Waals surface area contributed by atoms with E-state index < -0.39 is 17.6 Å². The van der Waals surface area contributed by atoms with Gasteiger partial charge >= 0.3 is 0 Å². The van der Waals surface area contributed by atoms with Crippen LogP contribution in [0.2, 0.25) is 5.02 Å². The van der Waals surface area contributed by atoms with Gasteiger partial charge in [0.2, 0.25) is 0 Å². The summed E-state index contributed by atoms with van der Waals surface area (Å²) in [5.41, 5.74) is -0.222. The average Bonchev–Trinajstić information content (AvgIpc) is 2.56. The van der Waals surface area contributed by atoms with Gasteiger partial charge in [0.25, 0.3) is 11.8 Å². The molecule has 0 radical (unpaired) electrons. The molecule has 0 spiro atoms. The fourth-order valence-electron chi connectivity index (χ4n) is 2.31. The Morgan fingerprint density at radius 3 is 2.64 bits per heavy atom. The summed E-state index contributed by atoms with van der Waals surface area (Å²) in [5, 5.41) is 12.3. The maximum absolute atomic E-state index is 14.0. The normalized spacial score (nSPS) is 16.3. The summed E-state index contributed by atoms with van der Waals surface area (Å²) in [5.74, 6) is -2.39. The number of aromatic hydroxyl groups is 1. The Hall–Kier alpha value is -2.77. The van der Waals surface area contributed by atoms with E-state index in [9.17, 15) is 19.1 Å². The van der Waals surface area contributed by atoms with E-state index in [1.807, 2.05) is 0 Å². The first-order valence-corrected chi connectivity index (χ1v) is 7.81. The molecule has 2 N–H and O–H groups in total. The van der Waals surface area contributed by atoms with E-state index in [0.717, 1.165) is 4.90 Å². The summed E-state index contributed by atoms with van der Waals surface area (Å²) < 4.78 is 14.0. The van der Waals surface area contributed by atoms with E-state index in [4.69, 9.17) is 23.8 Å². The lowest BCUT2D eigenvalue weighted by molar-refractivity contribution is -0.122. The summed E-state index contributed by atoms with van der Waals surface area (Å²) in [4.78, 5) is 25.8. The molecule has 0 unspecified atom stereocenters. The van der Waals surface area contributed by atoms with E-state index in [1.54, 1.807) is 0 Å². The van der Waals surface area contributed by atoms with Crippen LogP contribution in [0.25, 0.3) is 6.08 Å². The number of anilines is 1. The zero-order chi connectivity index (χ0) is 18.1. The van der Waals surface area contributed by atoms with Gasteiger partial charge in [0, 0.05) is 10.6 Å². The number of rotatable bonds is 2. The van der Waals surface area contributed by atoms with Crippen LogP contribution in [-0.2, 0) is 9.59 Å². The highest BCUT2D eigenvalue weighted by molar-refractivity contribution is 7.80. The Labute approximate surface area is 152 Å². The largest absolute Gasteiger partial charge is 0.507 e. The number of nitrogens with one attached hydrogen (secondary N) is 1. The maximum Gasteiger partial charge on any atom is 0.270 e. The molecule has 0 saturated carbocycles. The quantitative estimate of drug-likeness (QED) is 0.480. The van der Waals surface area contributed by atoms with Crippen LogP contribution in [0.5, 0.6) is 5.75 Å². The number of halogens is 2. The molecule has 1 aliphatic rings. The van der Waals surface area contributed by atoms with E-state index in [0.29, 0.717) is 5.02 Å². The van der Waals surface area contributed by atoms with Crippen LogP contribution in [-0.4, -0.2) is 22.0 Å². The number of carbonyl (C=O) groups is 2. The van der Waals surface area contributed by atoms with Crippen molar-refractivity contribution >= 4 is 52.5 Å². The van der Waals surface area contributed by atoms with E-state index in [-0.39, 0.29) is 27.7 Å². The van der Waals surface area contributed by atoms with Crippen molar-refractivity contribution in [3.63, 3.8) is 0 Å². The van der Waals surface area contributed by atoms with Crippen LogP contribution in [0.4, 0.5) is 10.1 Å². The Balaban J connectivity index is 2.09. The second kappa shape index (κ2) is 6.62. The second-order valence-corrected chi connectivity index (χ2v) is 5.94. The topological polar surface area (TPSA) is 69.6 Å². The first kappa shape index (κ1) is 17.1. The Kier molecular flexibility index (Phi) is 4.52. The second-order valence-electron chi connectivity index (χ2n) is 5.11. The van der Waals surface area contributed by atoms with Gasteiger partial charge in [-0.05, 0) is 48.6 Å². The molecule has 1 aliphatic heterocycles. The van der Waals surface area contributed by atoms with E-state index >= 15 is 0 Å². The molecule has 1 saturated heterocycles. The number of hydrogen-bond donors (Lipinski definition) is 2. The van der Waals surface area contributed by atoms with Gasteiger partial charge in [-0.1, -0.05) is 23.7 Å². The summed E-state index contributed by atoms with van der Waals surface area (Å²) in [6, 6.07) is 9.73. The number of hydrogen-bond acceptors (Lipinski definition) is 4. The Morgan fingerprint density at radius 2 is 1.92 bits per heavy atom. The third kappa shape index (κ3) is 3.24. The highest BCUT2D eigenvalue weighted by Gasteiger charge is 2.35. The van der Waals surface area contributed by atoms with E-state index in [2.05, 4.69) is 5.32 Å². The first-order valence-electron chi connectivity index (χ1n) is 7.03. The molecule has 0 aliphatic carbocycles. The van der Waals surface area contributed by atoms with Gasteiger partial charge in [-0.3, -0.25) is 14.9 Å². The predicted octanol–water partition coefficient (Wildman–Crippen LogP) is 3.02. The molecule has 25 heavy (non-hydrogen) atoms. The molecule has 3 rings (SSSR count). The highest BCUT2D eigenvalue weighted by atomic mass is 35.5. The summed E-state index contributed by atoms with van der Waals surface area (Å²) >= 11 is 10.9. The lowest BCUT2D eigenvalue weighted by Gasteiger charge is -2.29. The molecule has 2 aromatic rings. The van der Waals surface area contributed by atoms with Crippen LogP contribution in [0.1, 0.15) is 5.56 Å². The Bertz CT molecular complexity index is 945. The van der Waals surface area contributed by atoms with E-state index in [1.165, 1.54) is 48.5 Å². The van der Waals surface area contributed by atoms with Crippen molar-refractivity contribution in [3.8, 4) is 5.75 Å². The molecule has 2 amide bonds. The molecule has 126 valence electrons. The van der Waals surface area contributed by atoms with Gasteiger partial charge < -0.3 is 5.11 Å². The zero-order valence-corrected chi connectivity index (χ0v) is 14.1. The molecule has 1 fully saturated rings. The Morgan fingerprint density at radius 1 is 1.20 bits per heavy atom. The van der Waals surface area contributed by atoms with Crippen LogP contribution in [0.3, 0.4) is 0 Å². The van der Waals surface area contributed by atoms with Crippen LogP contribution >= 0.6 is 23.8 Å². The molecule has 0 atom stereocenters. The molecule has 1 heterocycles. The van der Waals surface area contributed by atoms with Crippen LogP contribution in [0, 0.1) is 5.82 Å². The highest BCUT2D eigenvalue weighted by Crippen LogP contribution is 2.27. The van der Waals surface area contributed by atoms with Crippen molar-refractivity contribution in [2.45, 2.75) is 0 Å². The lowest BCUT2D eigenvalue weighted by atomic mass is 10.1. The monoisotopic (exact) mass is 376 g/mol. The molecule has 2 aromatic carbocycles. The molecular formula is C17H10ClFN2O3S. The molecule has 8 heteroatoms. The van der Waals surface area contributed by atoms with Crippen molar-refractivity contribution in [1.82, 2.24) is 5.32 Å². The summed E-state index contributed by atoms with van der Waals surface area (Å²) in [6.07, 6.45) is 1.18. The molecular weight excluding hydrogens is 367 g/mol. The van der Waals surface area contributed by atoms with Crippen molar-refractivity contribution in [2.75, 3.05) is 4.90 Å². The predicted molar refractivity (Wildman–Crippen MR) is 95.7 cm³/mol. The number of carbonyl (C=O) groups excluding carboxylic acids is 2. The minimum absolute atomic E-state index is 0.0845. The summed E-state index contributed by atoms with van der Waals surface area (Å²) in [7, 11) is 0. The van der Waals surface area contributed by atoms with Gasteiger partial charge in [0.1, 0.15) is 17.1 Å². The zero-order valence-electron chi connectivity index (χ0n) is 12.5. The summed E-state index contributed by atoms with van der Waals surface area (Å²) in [6.45, 7) is 0. The van der Waals surface area contributed by atoms with Gasteiger partial charge in [-0.15, -0.1) is 0 Å². The first-order chi connectivity index (χ1) is 11.9. The van der Waals surface area contributed by atoms with Gasteiger partial charge in [0.05, 0.1) is 5.69 Å². The van der Waals surface area contributed by atoms with Gasteiger partial charge in [-0.2, -0.15) is 0 Å². The number of phenolic OH excluding ortho intramolecular Hbond substituents is 1. The SMILES string of the molecule is O=C1NC(=S)N(c2ccccc2F)C(=O)/C1=C/c1cc(Cl)ccc1O. The number of amides is 2. The molecule has 0 bridgehead atoms. The fraction of sp³-hybridized carbons (Fsp3) is 0. The number of para-hydroxylation sites is 1. The van der Waals surface area contributed by atoms with Crippen molar-refractivity contribution in [2.24, 2.45) is 0 Å². The average molecular weight is 377 g/mol. The molecule has 0 aromatic heterocycles. The number of thiocarbonyl (C=S) groups is 1. The maximum atomic E-state index is 14.0.